The summed E-state index contributed by atoms with van der Waals surface area (Å²) in [4.78, 5) is 0.992. The average Bonchev–Trinajstić information content (AvgIpc) is 2.75. The Hall–Kier alpha value is -1.37. The van der Waals surface area contributed by atoms with Crippen molar-refractivity contribution in [3.8, 4) is 0 Å². The second-order valence-corrected chi connectivity index (χ2v) is 7.38. The number of benzene rings is 1. The van der Waals surface area contributed by atoms with Crippen LogP contribution in [0.3, 0.4) is 0 Å². The van der Waals surface area contributed by atoms with E-state index >= 15 is 0 Å². The van der Waals surface area contributed by atoms with Crippen molar-refractivity contribution in [2.75, 3.05) is 4.72 Å². The van der Waals surface area contributed by atoms with Crippen molar-refractivity contribution in [1.82, 2.24) is 0 Å². The van der Waals surface area contributed by atoms with Crippen LogP contribution in [0.1, 0.15) is 21.6 Å². The van der Waals surface area contributed by atoms with Crippen LogP contribution in [0.4, 0.5) is 5.69 Å². The lowest BCUT2D eigenvalue weighted by atomic mass is 10.1. The fraction of sp³-hybridized carbons (Fsp3) is 0.286. The summed E-state index contributed by atoms with van der Waals surface area (Å²) < 4.78 is 27.8. The molecule has 0 unspecified atom stereocenters. The fourth-order valence-electron chi connectivity index (χ4n) is 2.03. The Morgan fingerprint density at radius 2 is 1.90 bits per heavy atom. The maximum absolute atomic E-state index is 12.6. The quantitative estimate of drug-likeness (QED) is 0.912. The van der Waals surface area contributed by atoms with Crippen molar-refractivity contribution in [3.05, 3.63) is 45.1 Å². The molecule has 3 N–H and O–H groups in total. The van der Waals surface area contributed by atoms with Crippen LogP contribution in [-0.2, 0) is 16.6 Å². The lowest BCUT2D eigenvalue weighted by Gasteiger charge is -2.12. The monoisotopic (exact) mass is 310 g/mol. The van der Waals surface area contributed by atoms with Crippen LogP contribution < -0.4 is 10.5 Å². The van der Waals surface area contributed by atoms with Gasteiger partial charge in [-0.3, -0.25) is 4.72 Å². The van der Waals surface area contributed by atoms with E-state index in [1.54, 1.807) is 6.92 Å². The number of sulfonamides is 1. The van der Waals surface area contributed by atoms with Crippen LogP contribution in [0.2, 0.25) is 0 Å². The Labute approximate surface area is 123 Å². The van der Waals surface area contributed by atoms with Crippen LogP contribution in [0.5, 0.6) is 0 Å². The highest BCUT2D eigenvalue weighted by Crippen LogP contribution is 2.29. The Kier molecular flexibility index (Phi) is 4.17. The van der Waals surface area contributed by atoms with Crippen molar-refractivity contribution in [3.63, 3.8) is 0 Å². The number of nitrogens with two attached hydrogens (primary N) is 1. The van der Waals surface area contributed by atoms with Crippen LogP contribution in [0, 0.1) is 20.8 Å². The molecule has 0 radical (unpaired) electrons. The molecule has 2 rings (SSSR count). The van der Waals surface area contributed by atoms with Gasteiger partial charge in [0.15, 0.2) is 0 Å². The Morgan fingerprint density at radius 1 is 1.20 bits per heavy atom. The first-order valence-electron chi connectivity index (χ1n) is 6.22. The molecule has 0 spiro atoms. The van der Waals surface area contributed by atoms with Gasteiger partial charge in [0.25, 0.3) is 10.0 Å². The zero-order valence-electron chi connectivity index (χ0n) is 11.7. The highest BCUT2D eigenvalue weighted by Gasteiger charge is 2.23. The first-order chi connectivity index (χ1) is 9.35. The van der Waals surface area contributed by atoms with Gasteiger partial charge in [-0.1, -0.05) is 12.1 Å². The van der Waals surface area contributed by atoms with E-state index in [1.807, 2.05) is 37.4 Å². The van der Waals surface area contributed by atoms with E-state index in [-0.39, 0.29) is 6.54 Å². The summed E-state index contributed by atoms with van der Waals surface area (Å²) in [5.41, 5.74) is 8.86. The fourth-order valence-corrected chi connectivity index (χ4v) is 4.86. The van der Waals surface area contributed by atoms with Crippen molar-refractivity contribution >= 4 is 27.0 Å². The number of hydrogen-bond acceptors (Lipinski definition) is 4. The molecule has 0 aliphatic rings. The molecule has 2 aromatic rings. The molecule has 0 saturated carbocycles. The molecule has 0 aliphatic carbocycles. The second kappa shape index (κ2) is 5.55. The minimum Gasteiger partial charge on any atom is -0.326 e. The maximum Gasteiger partial charge on any atom is 0.263 e. The lowest BCUT2D eigenvalue weighted by Crippen LogP contribution is -2.16. The molecule has 1 aromatic carbocycles. The number of thiophene rings is 1. The van der Waals surface area contributed by atoms with E-state index in [4.69, 9.17) is 5.73 Å². The number of hydrogen-bond donors (Lipinski definition) is 2. The van der Waals surface area contributed by atoms with Gasteiger partial charge in [-0.2, -0.15) is 0 Å². The third-order valence-corrected chi connectivity index (χ3v) is 5.93. The van der Waals surface area contributed by atoms with Crippen molar-refractivity contribution in [2.24, 2.45) is 5.73 Å². The highest BCUT2D eigenvalue weighted by atomic mass is 32.2. The van der Waals surface area contributed by atoms with Crippen LogP contribution >= 0.6 is 11.3 Å². The van der Waals surface area contributed by atoms with E-state index < -0.39 is 10.0 Å². The van der Waals surface area contributed by atoms with E-state index in [9.17, 15) is 8.42 Å². The Bertz CT molecular complexity index is 734. The predicted octanol–water partition coefficient (Wildman–Crippen LogP) is 2.93. The summed E-state index contributed by atoms with van der Waals surface area (Å²) in [7, 11) is -3.60. The van der Waals surface area contributed by atoms with Gasteiger partial charge in [0.2, 0.25) is 0 Å². The van der Waals surface area contributed by atoms with Gasteiger partial charge in [0, 0.05) is 11.4 Å². The van der Waals surface area contributed by atoms with Gasteiger partial charge in [-0.15, -0.1) is 11.3 Å². The van der Waals surface area contributed by atoms with E-state index in [1.165, 1.54) is 11.3 Å². The zero-order valence-corrected chi connectivity index (χ0v) is 13.4. The number of aryl methyl sites for hydroxylation is 3. The molecule has 108 valence electrons. The molecule has 1 heterocycles. The summed E-state index contributed by atoms with van der Waals surface area (Å²) >= 11 is 1.38. The zero-order chi connectivity index (χ0) is 14.9. The maximum atomic E-state index is 12.6. The van der Waals surface area contributed by atoms with Gasteiger partial charge in [-0.05, 0) is 48.9 Å². The number of nitrogens with one attached hydrogen (secondary N) is 1. The lowest BCUT2D eigenvalue weighted by molar-refractivity contribution is 0.600. The summed E-state index contributed by atoms with van der Waals surface area (Å²) in [6, 6.07) is 5.68. The van der Waals surface area contributed by atoms with Crippen LogP contribution in [0.15, 0.2) is 28.5 Å². The summed E-state index contributed by atoms with van der Waals surface area (Å²) in [5.74, 6) is 0. The Balaban J connectivity index is 2.46. The third kappa shape index (κ3) is 2.87. The van der Waals surface area contributed by atoms with Gasteiger partial charge >= 0.3 is 0 Å². The van der Waals surface area contributed by atoms with Crippen LogP contribution in [0.25, 0.3) is 0 Å². The molecule has 0 saturated heterocycles. The van der Waals surface area contributed by atoms with Crippen LogP contribution in [-0.4, -0.2) is 8.42 Å². The predicted molar refractivity (Wildman–Crippen MR) is 83.7 cm³/mol. The van der Waals surface area contributed by atoms with Gasteiger partial charge in [0.05, 0.1) is 5.69 Å². The molecule has 6 heteroatoms. The summed E-state index contributed by atoms with van der Waals surface area (Å²) in [6.45, 7) is 5.81. The van der Waals surface area contributed by atoms with Gasteiger partial charge < -0.3 is 5.73 Å². The highest BCUT2D eigenvalue weighted by molar-refractivity contribution is 7.93. The van der Waals surface area contributed by atoms with Crippen molar-refractivity contribution in [1.29, 1.82) is 0 Å². The molecule has 0 fully saturated rings. The van der Waals surface area contributed by atoms with Crippen molar-refractivity contribution in [2.45, 2.75) is 32.2 Å². The smallest absolute Gasteiger partial charge is 0.263 e. The topological polar surface area (TPSA) is 72.2 Å². The van der Waals surface area contributed by atoms with Crippen molar-refractivity contribution < 1.29 is 8.42 Å². The van der Waals surface area contributed by atoms with Gasteiger partial charge in [-0.25, -0.2) is 8.42 Å². The molecule has 0 aliphatic heterocycles. The summed E-state index contributed by atoms with van der Waals surface area (Å²) in [5, 5.41) is 1.82. The molecule has 1 aromatic heterocycles. The first kappa shape index (κ1) is 15.0. The minimum absolute atomic E-state index is 0.224. The summed E-state index contributed by atoms with van der Waals surface area (Å²) in [6.07, 6.45) is 0. The Morgan fingerprint density at radius 3 is 2.55 bits per heavy atom. The largest absolute Gasteiger partial charge is 0.326 e. The molecule has 0 bridgehead atoms. The standard InChI is InChI=1S/C14H18N2O2S2/c1-9-4-5-10(2)12(6-9)16-20(17,18)14-11(3)8-19-13(14)7-15/h4-6,8,16H,7,15H2,1-3H3. The molecule has 0 atom stereocenters. The second-order valence-electron chi connectivity index (χ2n) is 4.80. The molecule has 0 amide bonds. The van der Waals surface area contributed by atoms with Gasteiger partial charge in [0.1, 0.15) is 4.90 Å². The number of anilines is 1. The van der Waals surface area contributed by atoms with E-state index in [0.717, 1.165) is 16.7 Å². The van der Waals surface area contributed by atoms with E-state index in [2.05, 4.69) is 4.72 Å². The molecular weight excluding hydrogens is 292 g/mol. The number of rotatable bonds is 4. The first-order valence-corrected chi connectivity index (χ1v) is 8.58. The third-order valence-electron chi connectivity index (χ3n) is 3.08. The SMILES string of the molecule is Cc1ccc(C)c(NS(=O)(=O)c2c(C)csc2CN)c1. The average molecular weight is 310 g/mol. The minimum atomic E-state index is -3.60. The normalized spacial score (nSPS) is 11.6. The molecule has 4 nitrogen and oxygen atoms in total. The molecular formula is C14H18N2O2S2. The molecule has 20 heavy (non-hydrogen) atoms. The van der Waals surface area contributed by atoms with E-state index in [0.29, 0.717) is 15.5 Å².